The molecule has 3 N–H and O–H groups in total. The van der Waals surface area contributed by atoms with Crippen LogP contribution in [0.1, 0.15) is 24.1 Å². The van der Waals surface area contributed by atoms with Crippen LogP contribution < -0.4 is 11.3 Å². The number of nitrogens with two attached hydrogens (primary N) is 1. The van der Waals surface area contributed by atoms with Crippen LogP contribution in [0.3, 0.4) is 0 Å². The van der Waals surface area contributed by atoms with E-state index in [4.69, 9.17) is 5.84 Å². The van der Waals surface area contributed by atoms with E-state index >= 15 is 0 Å². The SMILES string of the molecule is NNC(=O)CCn1c2c(c3ccccc31)CCC2. The molecule has 1 aromatic heterocycles. The molecule has 2 aromatic rings. The van der Waals surface area contributed by atoms with E-state index in [1.54, 1.807) is 0 Å². The zero-order valence-electron chi connectivity index (χ0n) is 10.3. The number of aromatic nitrogens is 1. The smallest absolute Gasteiger partial charge is 0.235 e. The Bertz CT molecular complexity index is 600. The summed E-state index contributed by atoms with van der Waals surface area (Å²) in [6.07, 6.45) is 3.93. The molecule has 3 rings (SSSR count). The molecule has 0 spiro atoms. The van der Waals surface area contributed by atoms with Crippen LogP contribution in [-0.2, 0) is 24.2 Å². The second kappa shape index (κ2) is 4.46. The number of aryl methyl sites for hydroxylation is 2. The molecule has 0 bridgehead atoms. The monoisotopic (exact) mass is 243 g/mol. The minimum Gasteiger partial charge on any atom is -0.344 e. The Morgan fingerprint density at radius 3 is 3.00 bits per heavy atom. The van der Waals surface area contributed by atoms with E-state index in [9.17, 15) is 4.79 Å². The molecule has 1 aromatic carbocycles. The minimum atomic E-state index is -0.112. The number of carbonyl (C=O) groups is 1. The number of hydrogen-bond donors (Lipinski definition) is 2. The number of nitrogens with zero attached hydrogens (tertiary/aromatic N) is 1. The molecule has 1 aliphatic carbocycles. The van der Waals surface area contributed by atoms with Gasteiger partial charge >= 0.3 is 0 Å². The number of carbonyl (C=O) groups excluding carboxylic acids is 1. The molecular formula is C14H17N3O. The Kier molecular flexibility index (Phi) is 2.80. The highest BCUT2D eigenvalue weighted by Crippen LogP contribution is 2.32. The molecule has 0 atom stereocenters. The van der Waals surface area contributed by atoms with E-state index in [0.717, 1.165) is 12.8 Å². The summed E-state index contributed by atoms with van der Waals surface area (Å²) in [7, 11) is 0. The summed E-state index contributed by atoms with van der Waals surface area (Å²) >= 11 is 0. The minimum absolute atomic E-state index is 0.112. The Morgan fingerprint density at radius 2 is 2.17 bits per heavy atom. The van der Waals surface area contributed by atoms with Crippen LogP contribution in [0, 0.1) is 0 Å². The maximum Gasteiger partial charge on any atom is 0.235 e. The van der Waals surface area contributed by atoms with E-state index < -0.39 is 0 Å². The molecule has 1 heterocycles. The van der Waals surface area contributed by atoms with Gasteiger partial charge in [0.05, 0.1) is 0 Å². The molecular weight excluding hydrogens is 226 g/mol. The standard InChI is InChI=1S/C14H17N3O/c15-16-14(18)8-9-17-12-6-2-1-4-10(12)11-5-3-7-13(11)17/h1-2,4,6H,3,5,7-9,15H2,(H,16,18). The number of hydrogen-bond acceptors (Lipinski definition) is 2. The van der Waals surface area contributed by atoms with Gasteiger partial charge in [0.25, 0.3) is 0 Å². The molecule has 0 fully saturated rings. The normalized spacial score (nSPS) is 13.8. The van der Waals surface area contributed by atoms with Crippen LogP contribution in [-0.4, -0.2) is 10.5 Å². The molecule has 0 saturated heterocycles. The van der Waals surface area contributed by atoms with Crippen molar-refractivity contribution >= 4 is 16.8 Å². The number of nitrogens with one attached hydrogen (secondary N) is 1. The Morgan fingerprint density at radius 1 is 1.33 bits per heavy atom. The van der Waals surface area contributed by atoms with E-state index in [0.29, 0.717) is 13.0 Å². The van der Waals surface area contributed by atoms with Gasteiger partial charge in [0, 0.05) is 29.6 Å². The van der Waals surface area contributed by atoms with Gasteiger partial charge in [-0.2, -0.15) is 0 Å². The molecule has 18 heavy (non-hydrogen) atoms. The van der Waals surface area contributed by atoms with Crippen LogP contribution >= 0.6 is 0 Å². The summed E-state index contributed by atoms with van der Waals surface area (Å²) < 4.78 is 2.28. The predicted octanol–water partition coefficient (Wildman–Crippen LogP) is 1.51. The van der Waals surface area contributed by atoms with Crippen molar-refractivity contribution in [2.45, 2.75) is 32.2 Å². The zero-order valence-corrected chi connectivity index (χ0v) is 10.3. The zero-order chi connectivity index (χ0) is 12.5. The fourth-order valence-electron chi connectivity index (χ4n) is 2.97. The van der Waals surface area contributed by atoms with E-state index in [1.807, 2.05) is 0 Å². The predicted molar refractivity (Wildman–Crippen MR) is 70.9 cm³/mol. The maximum atomic E-state index is 11.3. The topological polar surface area (TPSA) is 60.0 Å². The Labute approximate surface area is 106 Å². The van der Waals surface area contributed by atoms with Crippen molar-refractivity contribution in [2.75, 3.05) is 0 Å². The first-order valence-electron chi connectivity index (χ1n) is 6.39. The van der Waals surface area contributed by atoms with Gasteiger partial charge in [-0.25, -0.2) is 5.84 Å². The number of amides is 1. The van der Waals surface area contributed by atoms with Gasteiger partial charge in [-0.1, -0.05) is 18.2 Å². The highest BCUT2D eigenvalue weighted by atomic mass is 16.2. The lowest BCUT2D eigenvalue weighted by Crippen LogP contribution is -2.30. The van der Waals surface area contributed by atoms with Crippen LogP contribution in [0.2, 0.25) is 0 Å². The van der Waals surface area contributed by atoms with Gasteiger partial charge in [-0.05, 0) is 30.9 Å². The van der Waals surface area contributed by atoms with E-state index in [-0.39, 0.29) is 5.91 Å². The van der Waals surface area contributed by atoms with Gasteiger partial charge < -0.3 is 4.57 Å². The van der Waals surface area contributed by atoms with Gasteiger partial charge in [-0.3, -0.25) is 10.2 Å². The number of hydrazine groups is 1. The number of rotatable bonds is 3. The molecule has 4 heteroatoms. The lowest BCUT2D eigenvalue weighted by molar-refractivity contribution is -0.121. The Balaban J connectivity index is 2.02. The van der Waals surface area contributed by atoms with Crippen molar-refractivity contribution in [3.05, 3.63) is 35.5 Å². The molecule has 0 aliphatic heterocycles. The summed E-state index contributed by atoms with van der Waals surface area (Å²) in [5, 5.41) is 1.35. The number of fused-ring (bicyclic) bond motifs is 3. The second-order valence-corrected chi connectivity index (χ2v) is 4.77. The highest BCUT2D eigenvalue weighted by molar-refractivity contribution is 5.86. The largest absolute Gasteiger partial charge is 0.344 e. The third-order valence-electron chi connectivity index (χ3n) is 3.76. The lowest BCUT2D eigenvalue weighted by atomic mass is 10.1. The lowest BCUT2D eigenvalue weighted by Gasteiger charge is -2.08. The first kappa shape index (κ1) is 11.3. The molecule has 4 nitrogen and oxygen atoms in total. The molecule has 94 valence electrons. The fourth-order valence-corrected chi connectivity index (χ4v) is 2.97. The second-order valence-electron chi connectivity index (χ2n) is 4.77. The number of para-hydroxylation sites is 1. The van der Waals surface area contributed by atoms with Gasteiger partial charge in [0.15, 0.2) is 0 Å². The van der Waals surface area contributed by atoms with Crippen LogP contribution in [0.4, 0.5) is 0 Å². The van der Waals surface area contributed by atoms with Crippen LogP contribution in [0.25, 0.3) is 10.9 Å². The highest BCUT2D eigenvalue weighted by Gasteiger charge is 2.20. The van der Waals surface area contributed by atoms with Crippen LogP contribution in [0.15, 0.2) is 24.3 Å². The van der Waals surface area contributed by atoms with Crippen molar-refractivity contribution in [2.24, 2.45) is 5.84 Å². The summed E-state index contributed by atoms with van der Waals surface area (Å²) in [6.45, 7) is 0.707. The van der Waals surface area contributed by atoms with Crippen molar-refractivity contribution in [1.29, 1.82) is 0 Å². The number of benzene rings is 1. The van der Waals surface area contributed by atoms with Gasteiger partial charge in [0.1, 0.15) is 0 Å². The Hall–Kier alpha value is -1.81. The summed E-state index contributed by atoms with van der Waals surface area (Å²) in [4.78, 5) is 11.3. The van der Waals surface area contributed by atoms with Crippen LogP contribution in [0.5, 0.6) is 0 Å². The third-order valence-corrected chi connectivity index (χ3v) is 3.76. The third kappa shape index (κ3) is 1.69. The maximum absolute atomic E-state index is 11.3. The average molecular weight is 243 g/mol. The summed E-state index contributed by atoms with van der Waals surface area (Å²) in [5.74, 6) is 5.02. The summed E-state index contributed by atoms with van der Waals surface area (Å²) in [6, 6.07) is 8.45. The van der Waals surface area contributed by atoms with E-state index in [1.165, 1.54) is 28.6 Å². The first-order chi connectivity index (χ1) is 8.81. The van der Waals surface area contributed by atoms with Crippen molar-refractivity contribution < 1.29 is 4.79 Å². The van der Waals surface area contributed by atoms with Gasteiger partial charge in [0.2, 0.25) is 5.91 Å². The van der Waals surface area contributed by atoms with Crippen molar-refractivity contribution in [3.8, 4) is 0 Å². The molecule has 0 unspecified atom stereocenters. The molecule has 1 amide bonds. The molecule has 0 radical (unpaired) electrons. The fraction of sp³-hybridized carbons (Fsp3) is 0.357. The average Bonchev–Trinajstić information content (AvgIpc) is 2.97. The van der Waals surface area contributed by atoms with Crippen molar-refractivity contribution in [1.82, 2.24) is 9.99 Å². The van der Waals surface area contributed by atoms with Gasteiger partial charge in [-0.15, -0.1) is 0 Å². The molecule has 0 saturated carbocycles. The van der Waals surface area contributed by atoms with Crippen molar-refractivity contribution in [3.63, 3.8) is 0 Å². The quantitative estimate of drug-likeness (QED) is 0.487. The first-order valence-corrected chi connectivity index (χ1v) is 6.39. The summed E-state index contributed by atoms with van der Waals surface area (Å²) in [5.41, 5.74) is 6.31. The van der Waals surface area contributed by atoms with E-state index in [2.05, 4.69) is 34.3 Å². The molecule has 1 aliphatic rings.